The Hall–Kier alpha value is -1.51. The van der Waals surface area contributed by atoms with Gasteiger partial charge in [0.15, 0.2) is 5.78 Å². The molecule has 0 amide bonds. The first-order valence-corrected chi connectivity index (χ1v) is 4.62. The van der Waals surface area contributed by atoms with Crippen molar-refractivity contribution in [3.05, 3.63) is 23.3 Å². The van der Waals surface area contributed by atoms with Gasteiger partial charge in [-0.3, -0.25) is 4.79 Å². The summed E-state index contributed by atoms with van der Waals surface area (Å²) >= 11 is 0. The Balaban J connectivity index is 2.63. The molecule has 0 unspecified atom stereocenters. The van der Waals surface area contributed by atoms with Crippen LogP contribution in [0.25, 0.3) is 0 Å². The maximum Gasteiger partial charge on any atom is 0.174 e. The summed E-state index contributed by atoms with van der Waals surface area (Å²) in [5.41, 5.74) is 1.22. The number of ether oxygens (including phenoxy) is 1. The highest BCUT2D eigenvalue weighted by molar-refractivity contribution is 6.02. The zero-order chi connectivity index (χ0) is 10.3. The molecule has 1 aliphatic heterocycles. The minimum absolute atomic E-state index is 0.0162. The average molecular weight is 192 g/mol. The number of phenols is 1. The number of phenolic OH excluding ortho intramolecular Hbond substituents is 1. The Morgan fingerprint density at radius 1 is 1.50 bits per heavy atom. The van der Waals surface area contributed by atoms with E-state index in [9.17, 15) is 9.90 Å². The van der Waals surface area contributed by atoms with Crippen molar-refractivity contribution in [2.24, 2.45) is 0 Å². The highest BCUT2D eigenvalue weighted by atomic mass is 16.5. The molecular formula is C11H12O3. The predicted octanol–water partition coefficient (Wildman–Crippen LogP) is 2.05. The highest BCUT2D eigenvalue weighted by Gasteiger charge is 2.27. The van der Waals surface area contributed by atoms with Crippen LogP contribution in [-0.2, 0) is 0 Å². The van der Waals surface area contributed by atoms with Crippen LogP contribution in [0.1, 0.15) is 29.3 Å². The van der Waals surface area contributed by atoms with Gasteiger partial charge in [0.1, 0.15) is 23.2 Å². The van der Waals surface area contributed by atoms with E-state index >= 15 is 0 Å². The van der Waals surface area contributed by atoms with Gasteiger partial charge in [-0.05, 0) is 25.5 Å². The first kappa shape index (κ1) is 9.06. The van der Waals surface area contributed by atoms with Gasteiger partial charge in [0.25, 0.3) is 0 Å². The van der Waals surface area contributed by atoms with Crippen LogP contribution in [0.15, 0.2) is 12.1 Å². The molecule has 74 valence electrons. The standard InChI is InChI=1S/C11H12O3/c1-6-3-4-8(12)10-9(13)5-7(2)14-11(6)10/h3-4,7,12H,5H2,1-2H3/t7-/m0/s1. The van der Waals surface area contributed by atoms with E-state index in [0.29, 0.717) is 17.7 Å². The fourth-order valence-corrected chi connectivity index (χ4v) is 1.70. The van der Waals surface area contributed by atoms with Crippen LogP contribution in [0.2, 0.25) is 0 Å². The first-order valence-electron chi connectivity index (χ1n) is 4.62. The van der Waals surface area contributed by atoms with Crippen molar-refractivity contribution in [3.8, 4) is 11.5 Å². The molecule has 0 aliphatic carbocycles. The number of carbonyl (C=O) groups excluding carboxylic acids is 1. The number of ketones is 1. The Morgan fingerprint density at radius 3 is 2.93 bits per heavy atom. The maximum atomic E-state index is 11.6. The fraction of sp³-hybridized carbons (Fsp3) is 0.364. The van der Waals surface area contributed by atoms with Crippen molar-refractivity contribution in [2.45, 2.75) is 26.4 Å². The molecule has 1 aromatic carbocycles. The lowest BCUT2D eigenvalue weighted by Crippen LogP contribution is -2.24. The molecule has 2 rings (SSSR count). The fourth-order valence-electron chi connectivity index (χ4n) is 1.70. The number of carbonyl (C=O) groups is 1. The largest absolute Gasteiger partial charge is 0.507 e. The molecule has 14 heavy (non-hydrogen) atoms. The Kier molecular flexibility index (Phi) is 1.95. The number of fused-ring (bicyclic) bond motifs is 1. The van der Waals surface area contributed by atoms with E-state index in [1.54, 1.807) is 6.07 Å². The topological polar surface area (TPSA) is 46.5 Å². The predicted molar refractivity (Wildman–Crippen MR) is 51.9 cm³/mol. The van der Waals surface area contributed by atoms with Crippen molar-refractivity contribution in [2.75, 3.05) is 0 Å². The number of benzene rings is 1. The van der Waals surface area contributed by atoms with E-state index in [1.165, 1.54) is 6.07 Å². The van der Waals surface area contributed by atoms with Crippen LogP contribution in [0.5, 0.6) is 11.5 Å². The molecule has 1 N–H and O–H groups in total. The molecule has 0 bridgehead atoms. The Morgan fingerprint density at radius 2 is 2.21 bits per heavy atom. The molecule has 0 spiro atoms. The van der Waals surface area contributed by atoms with Crippen molar-refractivity contribution < 1.29 is 14.6 Å². The number of aryl methyl sites for hydroxylation is 1. The molecule has 3 nitrogen and oxygen atoms in total. The summed E-state index contributed by atoms with van der Waals surface area (Å²) in [6.07, 6.45) is 0.236. The summed E-state index contributed by atoms with van der Waals surface area (Å²) < 4.78 is 5.53. The summed E-state index contributed by atoms with van der Waals surface area (Å²) in [6, 6.07) is 3.28. The zero-order valence-corrected chi connectivity index (χ0v) is 8.20. The molecule has 1 aromatic rings. The normalized spacial score (nSPS) is 20.1. The summed E-state index contributed by atoms with van der Waals surface area (Å²) in [6.45, 7) is 3.72. The third-order valence-electron chi connectivity index (χ3n) is 2.40. The second-order valence-electron chi connectivity index (χ2n) is 3.66. The van der Waals surface area contributed by atoms with Crippen molar-refractivity contribution in [1.82, 2.24) is 0 Å². The Bertz CT molecular complexity index is 396. The molecule has 0 aromatic heterocycles. The summed E-state index contributed by atoms with van der Waals surface area (Å²) in [5.74, 6) is 0.510. The van der Waals surface area contributed by atoms with Gasteiger partial charge in [-0.2, -0.15) is 0 Å². The maximum absolute atomic E-state index is 11.6. The lowest BCUT2D eigenvalue weighted by atomic mass is 9.98. The van der Waals surface area contributed by atoms with Crippen LogP contribution in [-0.4, -0.2) is 17.0 Å². The third kappa shape index (κ3) is 1.25. The average Bonchev–Trinajstić information content (AvgIpc) is 2.10. The van der Waals surface area contributed by atoms with Gasteiger partial charge in [0.05, 0.1) is 0 Å². The molecule has 1 heterocycles. The van der Waals surface area contributed by atoms with E-state index in [0.717, 1.165) is 5.56 Å². The van der Waals surface area contributed by atoms with E-state index < -0.39 is 0 Å². The van der Waals surface area contributed by atoms with Crippen molar-refractivity contribution in [3.63, 3.8) is 0 Å². The second kappa shape index (κ2) is 3.01. The summed E-state index contributed by atoms with van der Waals surface area (Å²) in [5, 5.41) is 9.54. The van der Waals surface area contributed by atoms with Gasteiger partial charge >= 0.3 is 0 Å². The van der Waals surface area contributed by atoms with Crippen LogP contribution in [0.3, 0.4) is 0 Å². The van der Waals surface area contributed by atoms with Gasteiger partial charge in [-0.25, -0.2) is 0 Å². The zero-order valence-electron chi connectivity index (χ0n) is 8.20. The molecule has 3 heteroatoms. The van der Waals surface area contributed by atoms with Crippen molar-refractivity contribution >= 4 is 5.78 Å². The van der Waals surface area contributed by atoms with E-state index in [4.69, 9.17) is 4.74 Å². The van der Waals surface area contributed by atoms with E-state index in [-0.39, 0.29) is 17.6 Å². The molecule has 0 saturated heterocycles. The molecular weight excluding hydrogens is 180 g/mol. The number of hydrogen-bond donors (Lipinski definition) is 1. The van der Waals surface area contributed by atoms with Gasteiger partial charge in [-0.15, -0.1) is 0 Å². The van der Waals surface area contributed by atoms with Crippen LogP contribution in [0.4, 0.5) is 0 Å². The number of rotatable bonds is 0. The minimum Gasteiger partial charge on any atom is -0.507 e. The smallest absolute Gasteiger partial charge is 0.174 e. The van der Waals surface area contributed by atoms with E-state index in [1.807, 2.05) is 13.8 Å². The summed E-state index contributed by atoms with van der Waals surface area (Å²) in [4.78, 5) is 11.6. The van der Waals surface area contributed by atoms with Crippen LogP contribution in [0, 0.1) is 6.92 Å². The highest BCUT2D eigenvalue weighted by Crippen LogP contribution is 2.36. The Labute approximate surface area is 82.3 Å². The van der Waals surface area contributed by atoms with Gasteiger partial charge < -0.3 is 9.84 Å². The SMILES string of the molecule is Cc1ccc(O)c2c1O[C@@H](C)CC2=O. The van der Waals surface area contributed by atoms with Crippen LogP contribution >= 0.6 is 0 Å². The van der Waals surface area contributed by atoms with Crippen molar-refractivity contribution in [1.29, 1.82) is 0 Å². The van der Waals surface area contributed by atoms with E-state index in [2.05, 4.69) is 0 Å². The monoisotopic (exact) mass is 192 g/mol. The molecule has 0 radical (unpaired) electrons. The minimum atomic E-state index is -0.101. The lowest BCUT2D eigenvalue weighted by Gasteiger charge is -2.24. The summed E-state index contributed by atoms with van der Waals surface area (Å²) in [7, 11) is 0. The van der Waals surface area contributed by atoms with Gasteiger partial charge in [-0.1, -0.05) is 6.07 Å². The van der Waals surface area contributed by atoms with Gasteiger partial charge in [0.2, 0.25) is 0 Å². The lowest BCUT2D eigenvalue weighted by molar-refractivity contribution is 0.0865. The third-order valence-corrected chi connectivity index (χ3v) is 2.40. The van der Waals surface area contributed by atoms with Gasteiger partial charge in [0, 0.05) is 6.42 Å². The number of hydrogen-bond acceptors (Lipinski definition) is 3. The number of Topliss-reactive ketones (excluding diaryl/α,β-unsaturated/α-hetero) is 1. The second-order valence-corrected chi connectivity index (χ2v) is 3.66. The molecule has 0 saturated carbocycles. The molecule has 0 fully saturated rings. The number of aromatic hydroxyl groups is 1. The van der Waals surface area contributed by atoms with Crippen LogP contribution < -0.4 is 4.74 Å². The quantitative estimate of drug-likeness (QED) is 0.684. The first-order chi connectivity index (χ1) is 6.59. The molecule has 1 atom stereocenters. The molecule has 1 aliphatic rings.